The Balaban J connectivity index is 1.87. The summed E-state index contributed by atoms with van der Waals surface area (Å²) in [6.45, 7) is 4.56. The monoisotopic (exact) mass is 411 g/mol. The summed E-state index contributed by atoms with van der Waals surface area (Å²) in [5.74, 6) is 1.60. The Morgan fingerprint density at radius 3 is 2.68 bits per heavy atom. The highest BCUT2D eigenvalue weighted by Crippen LogP contribution is 2.25. The molecule has 6 nitrogen and oxygen atoms in total. The van der Waals surface area contributed by atoms with Gasteiger partial charge in [0, 0.05) is 26.7 Å². The molecule has 0 atom stereocenters. The lowest BCUT2D eigenvalue weighted by Gasteiger charge is -2.33. The molecule has 0 aliphatic carbocycles. The van der Waals surface area contributed by atoms with E-state index in [-0.39, 0.29) is 11.9 Å². The van der Waals surface area contributed by atoms with Crippen molar-refractivity contribution in [3.05, 3.63) is 28.2 Å². The first-order valence-corrected chi connectivity index (χ1v) is 9.33. The third-order valence-electron chi connectivity index (χ3n) is 4.29. The number of guanidine groups is 1. The number of nitrogens with one attached hydrogen (secondary N) is 1. The van der Waals surface area contributed by atoms with Crippen molar-refractivity contribution < 1.29 is 14.3 Å². The number of piperidine rings is 1. The Morgan fingerprint density at radius 1 is 1.40 bits per heavy atom. The van der Waals surface area contributed by atoms with Gasteiger partial charge in [-0.25, -0.2) is 0 Å². The number of hydrogen-bond donors (Lipinski definition) is 1. The van der Waals surface area contributed by atoms with Crippen molar-refractivity contribution in [1.29, 1.82) is 0 Å². The quantitative estimate of drug-likeness (QED) is 0.458. The summed E-state index contributed by atoms with van der Waals surface area (Å²) in [4.78, 5) is 18.4. The number of carbonyl (C=O) groups excluding carboxylic acids is 1. The predicted octanol–water partition coefficient (Wildman–Crippen LogP) is 2.81. The van der Waals surface area contributed by atoms with Gasteiger partial charge in [0.25, 0.3) is 0 Å². The highest BCUT2D eigenvalue weighted by atomic mass is 79.9. The summed E-state index contributed by atoms with van der Waals surface area (Å²) in [5, 5.41) is 3.39. The second-order valence-corrected chi connectivity index (χ2v) is 6.74. The van der Waals surface area contributed by atoms with Crippen molar-refractivity contribution in [1.82, 2.24) is 10.2 Å². The molecule has 0 amide bonds. The molecule has 1 aromatic carbocycles. The second kappa shape index (κ2) is 9.65. The van der Waals surface area contributed by atoms with Crippen LogP contribution in [0.3, 0.4) is 0 Å². The number of ether oxygens (including phenoxy) is 2. The Morgan fingerprint density at radius 2 is 2.12 bits per heavy atom. The van der Waals surface area contributed by atoms with E-state index in [4.69, 9.17) is 9.47 Å². The van der Waals surface area contributed by atoms with Crippen molar-refractivity contribution in [2.75, 3.05) is 33.9 Å². The van der Waals surface area contributed by atoms with E-state index in [0.29, 0.717) is 13.2 Å². The van der Waals surface area contributed by atoms with Gasteiger partial charge in [0.05, 0.1) is 24.1 Å². The molecule has 2 rings (SSSR count). The fourth-order valence-electron chi connectivity index (χ4n) is 2.92. The number of aliphatic imine (C=N–C) groups is 1. The van der Waals surface area contributed by atoms with Gasteiger partial charge < -0.3 is 19.7 Å². The summed E-state index contributed by atoms with van der Waals surface area (Å²) in [7, 11) is 3.43. The summed E-state index contributed by atoms with van der Waals surface area (Å²) in [5.41, 5.74) is 1.13. The Bertz CT molecular complexity index is 614. The van der Waals surface area contributed by atoms with Crippen LogP contribution < -0.4 is 10.1 Å². The van der Waals surface area contributed by atoms with Gasteiger partial charge in [-0.1, -0.05) is 6.07 Å². The lowest BCUT2D eigenvalue weighted by Crippen LogP contribution is -2.46. The highest BCUT2D eigenvalue weighted by Gasteiger charge is 2.27. The maximum absolute atomic E-state index is 11.8. The van der Waals surface area contributed by atoms with Crippen LogP contribution in [0.5, 0.6) is 5.75 Å². The van der Waals surface area contributed by atoms with E-state index >= 15 is 0 Å². The van der Waals surface area contributed by atoms with E-state index in [0.717, 1.165) is 47.7 Å². The molecule has 0 bridgehead atoms. The minimum atomic E-state index is -0.0758. The van der Waals surface area contributed by atoms with Gasteiger partial charge in [-0.2, -0.15) is 0 Å². The molecular weight excluding hydrogens is 386 g/mol. The van der Waals surface area contributed by atoms with Crippen molar-refractivity contribution in [2.24, 2.45) is 10.9 Å². The van der Waals surface area contributed by atoms with Crippen molar-refractivity contribution in [3.63, 3.8) is 0 Å². The minimum absolute atomic E-state index is 0.00634. The summed E-state index contributed by atoms with van der Waals surface area (Å²) < 4.78 is 11.3. The number of nitrogens with zero attached hydrogens (tertiary/aromatic N) is 2. The van der Waals surface area contributed by atoms with Crippen LogP contribution in [-0.2, 0) is 16.1 Å². The third kappa shape index (κ3) is 5.36. The van der Waals surface area contributed by atoms with Gasteiger partial charge in [-0.3, -0.25) is 9.79 Å². The smallest absolute Gasteiger partial charge is 0.309 e. The molecular formula is C18H26BrN3O3. The molecule has 0 spiro atoms. The number of benzene rings is 1. The molecule has 1 heterocycles. The molecule has 0 radical (unpaired) electrons. The molecule has 138 valence electrons. The SMILES string of the molecule is CCOC(=O)C1CCN(C(=NC)NCc2ccc(OC)c(Br)c2)CC1. The summed E-state index contributed by atoms with van der Waals surface area (Å²) >= 11 is 3.50. The molecule has 25 heavy (non-hydrogen) atoms. The van der Waals surface area contributed by atoms with Crippen molar-refractivity contribution >= 4 is 27.9 Å². The minimum Gasteiger partial charge on any atom is -0.496 e. The lowest BCUT2D eigenvalue weighted by atomic mass is 9.97. The first kappa shape index (κ1) is 19.6. The average Bonchev–Trinajstić information content (AvgIpc) is 2.63. The summed E-state index contributed by atoms with van der Waals surface area (Å²) in [6.07, 6.45) is 1.60. The number of rotatable bonds is 5. The largest absolute Gasteiger partial charge is 0.496 e. The van der Waals surface area contributed by atoms with E-state index in [1.54, 1.807) is 14.2 Å². The highest BCUT2D eigenvalue weighted by molar-refractivity contribution is 9.10. The van der Waals surface area contributed by atoms with Gasteiger partial charge in [0.15, 0.2) is 5.96 Å². The Hall–Kier alpha value is -1.76. The zero-order valence-electron chi connectivity index (χ0n) is 15.0. The van der Waals surface area contributed by atoms with Gasteiger partial charge in [0.1, 0.15) is 5.75 Å². The van der Waals surface area contributed by atoms with Gasteiger partial charge >= 0.3 is 5.97 Å². The first-order chi connectivity index (χ1) is 12.1. The zero-order chi connectivity index (χ0) is 18.2. The predicted molar refractivity (Wildman–Crippen MR) is 102 cm³/mol. The van der Waals surface area contributed by atoms with E-state index in [1.807, 2.05) is 25.1 Å². The Kier molecular flexibility index (Phi) is 7.55. The number of carbonyl (C=O) groups is 1. The normalized spacial score (nSPS) is 15.8. The molecule has 0 unspecified atom stereocenters. The molecule has 0 saturated carbocycles. The van der Waals surface area contributed by atoms with Gasteiger partial charge in [-0.05, 0) is 53.4 Å². The van der Waals surface area contributed by atoms with E-state index in [9.17, 15) is 4.79 Å². The molecule has 1 saturated heterocycles. The third-order valence-corrected chi connectivity index (χ3v) is 4.91. The molecule has 0 aromatic heterocycles. The maximum Gasteiger partial charge on any atom is 0.309 e. The molecule has 1 aromatic rings. The standard InChI is InChI=1S/C18H26BrN3O3/c1-4-25-17(23)14-7-9-22(10-8-14)18(20-2)21-12-13-5-6-16(24-3)15(19)11-13/h5-6,11,14H,4,7-10,12H2,1-3H3,(H,20,21). The average molecular weight is 412 g/mol. The maximum atomic E-state index is 11.8. The first-order valence-electron chi connectivity index (χ1n) is 8.53. The zero-order valence-corrected chi connectivity index (χ0v) is 16.6. The van der Waals surface area contributed by atoms with Crippen LogP contribution in [0.15, 0.2) is 27.7 Å². The van der Waals surface area contributed by atoms with E-state index < -0.39 is 0 Å². The van der Waals surface area contributed by atoms with Crippen LogP contribution in [0.2, 0.25) is 0 Å². The number of hydrogen-bond acceptors (Lipinski definition) is 4. The van der Waals surface area contributed by atoms with Crippen LogP contribution in [0.25, 0.3) is 0 Å². The number of halogens is 1. The number of esters is 1. The fourth-order valence-corrected chi connectivity index (χ4v) is 3.51. The Labute approximate surface area is 157 Å². The van der Waals surface area contributed by atoms with Gasteiger partial charge in [0.2, 0.25) is 0 Å². The van der Waals surface area contributed by atoms with Crippen LogP contribution >= 0.6 is 15.9 Å². The van der Waals surface area contributed by atoms with Crippen LogP contribution in [0, 0.1) is 5.92 Å². The van der Waals surface area contributed by atoms with E-state index in [2.05, 4.69) is 31.1 Å². The van der Waals surface area contributed by atoms with Crippen molar-refractivity contribution in [3.8, 4) is 5.75 Å². The molecule has 1 aliphatic heterocycles. The lowest BCUT2D eigenvalue weighted by molar-refractivity contribution is -0.149. The van der Waals surface area contributed by atoms with Crippen LogP contribution in [0.1, 0.15) is 25.3 Å². The number of methoxy groups -OCH3 is 1. The molecule has 1 fully saturated rings. The molecule has 7 heteroatoms. The molecule has 1 aliphatic rings. The van der Waals surface area contributed by atoms with E-state index in [1.165, 1.54) is 0 Å². The van der Waals surface area contributed by atoms with Crippen LogP contribution in [-0.4, -0.2) is 50.7 Å². The summed E-state index contributed by atoms with van der Waals surface area (Å²) in [6, 6.07) is 6.00. The number of likely N-dealkylation sites (tertiary alicyclic amines) is 1. The topological polar surface area (TPSA) is 63.2 Å². The molecule has 1 N–H and O–H groups in total. The fraction of sp³-hybridized carbons (Fsp3) is 0.556. The second-order valence-electron chi connectivity index (χ2n) is 5.88. The van der Waals surface area contributed by atoms with Crippen LogP contribution in [0.4, 0.5) is 0 Å². The van der Waals surface area contributed by atoms with Gasteiger partial charge in [-0.15, -0.1) is 0 Å². The van der Waals surface area contributed by atoms with Crippen molar-refractivity contribution in [2.45, 2.75) is 26.3 Å².